The lowest BCUT2D eigenvalue weighted by Gasteiger charge is -2.26. The molecule has 0 atom stereocenters. The van der Waals surface area contributed by atoms with E-state index in [2.05, 4.69) is 10.5 Å². The van der Waals surface area contributed by atoms with Crippen LogP contribution in [0.1, 0.15) is 33.0 Å². The minimum Gasteiger partial charge on any atom is -0.478 e. The van der Waals surface area contributed by atoms with Crippen LogP contribution in [0.5, 0.6) is 11.5 Å². The molecular formula is C22H16N2O4. The number of ether oxygens (including phenoxy) is 1. The largest absolute Gasteiger partial charge is 0.478 e. The third kappa shape index (κ3) is 3.35. The number of aromatic carboxylic acids is 1. The fourth-order valence-electron chi connectivity index (χ4n) is 3.14. The molecule has 0 spiro atoms. The highest BCUT2D eigenvalue weighted by atomic mass is 16.5. The van der Waals surface area contributed by atoms with Gasteiger partial charge in [0.25, 0.3) is 5.91 Å². The number of nitrogens with zero attached hydrogens (tertiary/aromatic N) is 1. The van der Waals surface area contributed by atoms with Crippen molar-refractivity contribution in [3.05, 3.63) is 95.1 Å². The summed E-state index contributed by atoms with van der Waals surface area (Å²) in [6.07, 6.45) is 1.47. The van der Waals surface area contributed by atoms with E-state index >= 15 is 0 Å². The van der Waals surface area contributed by atoms with Gasteiger partial charge in [0.15, 0.2) is 0 Å². The van der Waals surface area contributed by atoms with Gasteiger partial charge in [-0.3, -0.25) is 4.79 Å². The summed E-state index contributed by atoms with van der Waals surface area (Å²) in [6.45, 7) is 0. The number of carboxylic acid groups (broad SMARTS) is 1. The van der Waals surface area contributed by atoms with Gasteiger partial charge in [-0.2, -0.15) is 5.10 Å². The van der Waals surface area contributed by atoms with Crippen molar-refractivity contribution in [2.75, 3.05) is 0 Å². The summed E-state index contributed by atoms with van der Waals surface area (Å²) in [5, 5.41) is 13.0. The van der Waals surface area contributed by atoms with Gasteiger partial charge in [0.1, 0.15) is 11.5 Å². The lowest BCUT2D eigenvalue weighted by atomic mass is 9.87. The molecule has 0 fully saturated rings. The molecule has 6 heteroatoms. The first-order valence-electron chi connectivity index (χ1n) is 8.65. The normalized spacial score (nSPS) is 12.7. The number of hydrogen-bond donors (Lipinski definition) is 2. The van der Waals surface area contributed by atoms with Gasteiger partial charge in [0.2, 0.25) is 0 Å². The molecule has 0 unspecified atom stereocenters. The summed E-state index contributed by atoms with van der Waals surface area (Å²) in [6, 6.07) is 21.1. The van der Waals surface area contributed by atoms with E-state index in [9.17, 15) is 9.59 Å². The second kappa shape index (κ2) is 7.36. The maximum Gasteiger partial charge on any atom is 0.335 e. The van der Waals surface area contributed by atoms with E-state index < -0.39 is 11.9 Å². The van der Waals surface area contributed by atoms with E-state index in [-0.39, 0.29) is 11.5 Å². The van der Waals surface area contributed by atoms with Crippen molar-refractivity contribution in [2.45, 2.75) is 5.92 Å². The highest BCUT2D eigenvalue weighted by molar-refractivity contribution is 5.91. The zero-order valence-corrected chi connectivity index (χ0v) is 14.7. The standard InChI is InChI=1S/C22H16N2O4/c25-21(24-23-13-14-9-11-15(12-10-14)22(26)27)20-16-5-1-3-7-18(16)28-19-8-4-2-6-17(19)20/h1-13,20H,(H,24,25)(H,26,27)/b23-13-. The monoisotopic (exact) mass is 372 g/mol. The second-order valence-corrected chi connectivity index (χ2v) is 6.27. The van der Waals surface area contributed by atoms with Gasteiger partial charge in [-0.05, 0) is 29.8 Å². The molecule has 138 valence electrons. The molecule has 1 heterocycles. The zero-order chi connectivity index (χ0) is 19.5. The Morgan fingerprint density at radius 2 is 1.46 bits per heavy atom. The predicted molar refractivity (Wildman–Crippen MR) is 104 cm³/mol. The number of carbonyl (C=O) groups excluding carboxylic acids is 1. The van der Waals surface area contributed by atoms with Crippen LogP contribution in [0.15, 0.2) is 77.9 Å². The van der Waals surface area contributed by atoms with Gasteiger partial charge in [-0.25, -0.2) is 10.2 Å². The Kier molecular flexibility index (Phi) is 4.60. The Labute approximate surface area is 161 Å². The molecule has 4 rings (SSSR count). The number of fused-ring (bicyclic) bond motifs is 2. The van der Waals surface area contributed by atoms with Gasteiger partial charge in [-0.15, -0.1) is 0 Å². The molecule has 2 N–H and O–H groups in total. The van der Waals surface area contributed by atoms with Crippen LogP contribution in [0.25, 0.3) is 0 Å². The number of carbonyl (C=O) groups is 2. The Morgan fingerprint density at radius 1 is 0.893 bits per heavy atom. The third-order valence-corrected chi connectivity index (χ3v) is 4.49. The average Bonchev–Trinajstić information content (AvgIpc) is 2.72. The number of benzene rings is 3. The first-order valence-corrected chi connectivity index (χ1v) is 8.65. The summed E-state index contributed by atoms with van der Waals surface area (Å²) in [7, 11) is 0. The number of nitrogens with one attached hydrogen (secondary N) is 1. The van der Waals surface area contributed by atoms with Crippen LogP contribution < -0.4 is 10.2 Å². The molecule has 1 aliphatic rings. The number of amides is 1. The summed E-state index contributed by atoms with van der Waals surface area (Å²) in [4.78, 5) is 23.8. The number of rotatable bonds is 4. The van der Waals surface area contributed by atoms with Gasteiger partial charge in [-0.1, -0.05) is 48.5 Å². The van der Waals surface area contributed by atoms with Crippen molar-refractivity contribution in [3.8, 4) is 11.5 Å². The molecule has 0 saturated carbocycles. The van der Waals surface area contributed by atoms with E-state index in [0.717, 1.165) is 11.1 Å². The number of hydrogen-bond acceptors (Lipinski definition) is 4. The van der Waals surface area contributed by atoms with E-state index in [0.29, 0.717) is 17.1 Å². The molecule has 0 radical (unpaired) electrons. The first kappa shape index (κ1) is 17.5. The quantitative estimate of drug-likeness (QED) is 0.539. The van der Waals surface area contributed by atoms with E-state index in [4.69, 9.17) is 9.84 Å². The van der Waals surface area contributed by atoms with Gasteiger partial charge in [0, 0.05) is 11.1 Å². The van der Waals surface area contributed by atoms with Gasteiger partial charge >= 0.3 is 5.97 Å². The number of hydrazone groups is 1. The highest BCUT2D eigenvalue weighted by Crippen LogP contribution is 2.43. The van der Waals surface area contributed by atoms with Gasteiger partial charge in [0.05, 0.1) is 17.7 Å². The molecule has 1 aliphatic heterocycles. The molecular weight excluding hydrogens is 356 g/mol. The van der Waals surface area contributed by atoms with Crippen molar-refractivity contribution >= 4 is 18.1 Å². The molecule has 3 aromatic carbocycles. The van der Waals surface area contributed by atoms with Crippen LogP contribution in [0.4, 0.5) is 0 Å². The molecule has 1 amide bonds. The fourth-order valence-corrected chi connectivity index (χ4v) is 3.14. The lowest BCUT2D eigenvalue weighted by molar-refractivity contribution is -0.121. The van der Waals surface area contributed by atoms with Crippen LogP contribution in [-0.2, 0) is 4.79 Å². The van der Waals surface area contributed by atoms with Crippen LogP contribution in [0.2, 0.25) is 0 Å². The Balaban J connectivity index is 1.56. The highest BCUT2D eigenvalue weighted by Gasteiger charge is 2.32. The molecule has 0 aromatic heterocycles. The topological polar surface area (TPSA) is 88.0 Å². The van der Waals surface area contributed by atoms with Crippen molar-refractivity contribution in [2.24, 2.45) is 5.10 Å². The second-order valence-electron chi connectivity index (χ2n) is 6.27. The van der Waals surface area contributed by atoms with Crippen LogP contribution >= 0.6 is 0 Å². The van der Waals surface area contributed by atoms with E-state index in [1.165, 1.54) is 18.3 Å². The maximum atomic E-state index is 12.9. The SMILES string of the molecule is O=C(O)c1ccc(/C=N\NC(=O)C2c3ccccc3Oc3ccccc32)cc1. The minimum atomic E-state index is -0.992. The van der Waals surface area contributed by atoms with Gasteiger partial charge < -0.3 is 9.84 Å². The Bertz CT molecular complexity index is 1030. The average molecular weight is 372 g/mol. The molecule has 0 bridgehead atoms. The van der Waals surface area contributed by atoms with Crippen LogP contribution in [-0.4, -0.2) is 23.2 Å². The smallest absolute Gasteiger partial charge is 0.335 e. The zero-order valence-electron chi connectivity index (χ0n) is 14.7. The van der Waals surface area contributed by atoms with Crippen molar-refractivity contribution < 1.29 is 19.4 Å². The predicted octanol–water partition coefficient (Wildman–Crippen LogP) is 3.77. The molecule has 3 aromatic rings. The number of para-hydroxylation sites is 2. The third-order valence-electron chi connectivity index (χ3n) is 4.49. The fraction of sp³-hybridized carbons (Fsp3) is 0.0455. The molecule has 28 heavy (non-hydrogen) atoms. The minimum absolute atomic E-state index is 0.191. The van der Waals surface area contributed by atoms with E-state index in [1.54, 1.807) is 12.1 Å². The summed E-state index contributed by atoms with van der Waals surface area (Å²) in [5.74, 6) is -0.507. The Hall–Kier alpha value is -3.93. The number of carboxylic acids is 1. The molecule has 0 saturated heterocycles. The maximum absolute atomic E-state index is 12.9. The lowest BCUT2D eigenvalue weighted by Crippen LogP contribution is -2.28. The summed E-state index contributed by atoms with van der Waals surface area (Å²) >= 11 is 0. The van der Waals surface area contributed by atoms with Crippen molar-refractivity contribution in [3.63, 3.8) is 0 Å². The van der Waals surface area contributed by atoms with Crippen LogP contribution in [0, 0.1) is 0 Å². The van der Waals surface area contributed by atoms with Crippen molar-refractivity contribution in [1.82, 2.24) is 5.43 Å². The van der Waals surface area contributed by atoms with Crippen molar-refractivity contribution in [1.29, 1.82) is 0 Å². The van der Waals surface area contributed by atoms with E-state index in [1.807, 2.05) is 48.5 Å². The summed E-state index contributed by atoms with van der Waals surface area (Å²) in [5.41, 5.74) is 5.00. The molecule has 0 aliphatic carbocycles. The Morgan fingerprint density at radius 3 is 2.04 bits per heavy atom. The first-order chi connectivity index (χ1) is 13.6. The summed E-state index contributed by atoms with van der Waals surface area (Å²) < 4.78 is 5.90. The molecule has 6 nitrogen and oxygen atoms in total. The van der Waals surface area contributed by atoms with Crippen LogP contribution in [0.3, 0.4) is 0 Å².